The van der Waals surface area contributed by atoms with Crippen molar-refractivity contribution in [1.29, 1.82) is 0 Å². The molecule has 104 valence electrons. The number of halogens is 1. The monoisotopic (exact) mass is 292 g/mol. The first-order valence-electron chi connectivity index (χ1n) is 5.91. The summed E-state index contributed by atoms with van der Waals surface area (Å²) >= 11 is 5.94. The molecule has 1 N–H and O–H groups in total. The summed E-state index contributed by atoms with van der Waals surface area (Å²) in [5.41, 5.74) is 1.74. The Bertz CT molecular complexity index is 632. The second-order valence-corrected chi connectivity index (χ2v) is 4.54. The lowest BCUT2D eigenvalue weighted by molar-refractivity contribution is -0.384. The number of non-ortho nitro benzene ring substituents is 1. The Morgan fingerprint density at radius 3 is 2.80 bits per heavy atom. The van der Waals surface area contributed by atoms with Crippen LogP contribution in [0.1, 0.15) is 5.56 Å². The molecule has 0 bridgehead atoms. The zero-order valence-electron chi connectivity index (χ0n) is 10.8. The highest BCUT2D eigenvalue weighted by Crippen LogP contribution is 2.27. The average molecular weight is 293 g/mol. The number of nitrogens with zero attached hydrogens (tertiary/aromatic N) is 1. The summed E-state index contributed by atoms with van der Waals surface area (Å²) in [6.07, 6.45) is 0. The Morgan fingerprint density at radius 1 is 1.30 bits per heavy atom. The van der Waals surface area contributed by atoms with Gasteiger partial charge in [0.15, 0.2) is 0 Å². The van der Waals surface area contributed by atoms with Crippen molar-refractivity contribution in [1.82, 2.24) is 0 Å². The minimum atomic E-state index is -0.408. The van der Waals surface area contributed by atoms with Crippen LogP contribution < -0.4 is 10.1 Å². The van der Waals surface area contributed by atoms with Gasteiger partial charge in [-0.25, -0.2) is 0 Å². The van der Waals surface area contributed by atoms with Gasteiger partial charge in [0.25, 0.3) is 5.69 Å². The number of benzene rings is 2. The van der Waals surface area contributed by atoms with Crippen molar-refractivity contribution in [3.05, 3.63) is 63.2 Å². The summed E-state index contributed by atoms with van der Waals surface area (Å²) in [5, 5.41) is 14.4. The molecule has 0 fully saturated rings. The zero-order chi connectivity index (χ0) is 14.5. The number of nitrogens with one attached hydrogen (secondary N) is 1. The lowest BCUT2D eigenvalue weighted by Gasteiger charge is -2.09. The maximum Gasteiger partial charge on any atom is 0.269 e. The lowest BCUT2D eigenvalue weighted by atomic mass is 10.2. The molecule has 6 heteroatoms. The third-order valence-electron chi connectivity index (χ3n) is 2.77. The summed E-state index contributed by atoms with van der Waals surface area (Å²) in [5.74, 6) is 0.579. The van der Waals surface area contributed by atoms with Crippen LogP contribution in [0.5, 0.6) is 5.75 Å². The average Bonchev–Trinajstić information content (AvgIpc) is 2.46. The maximum absolute atomic E-state index is 10.7. The molecule has 0 saturated carbocycles. The zero-order valence-corrected chi connectivity index (χ0v) is 11.6. The van der Waals surface area contributed by atoms with Gasteiger partial charge in [0.1, 0.15) is 5.75 Å². The van der Waals surface area contributed by atoms with Crippen LogP contribution in [0.2, 0.25) is 5.02 Å². The van der Waals surface area contributed by atoms with Gasteiger partial charge in [-0.3, -0.25) is 10.1 Å². The highest BCUT2D eigenvalue weighted by Gasteiger charge is 2.06. The fourth-order valence-electron chi connectivity index (χ4n) is 1.75. The summed E-state index contributed by atoms with van der Waals surface area (Å²) < 4.78 is 5.13. The van der Waals surface area contributed by atoms with Crippen LogP contribution in [-0.2, 0) is 6.54 Å². The van der Waals surface area contributed by atoms with Gasteiger partial charge in [-0.1, -0.05) is 23.7 Å². The van der Waals surface area contributed by atoms with E-state index in [0.717, 1.165) is 11.3 Å². The van der Waals surface area contributed by atoms with Crippen LogP contribution in [0, 0.1) is 10.1 Å². The molecule has 0 aliphatic heterocycles. The van der Waals surface area contributed by atoms with E-state index in [1.807, 2.05) is 12.1 Å². The fraction of sp³-hybridized carbons (Fsp3) is 0.143. The van der Waals surface area contributed by atoms with Gasteiger partial charge in [-0.05, 0) is 17.7 Å². The molecule has 0 spiro atoms. The molecule has 5 nitrogen and oxygen atoms in total. The molecule has 0 atom stereocenters. The van der Waals surface area contributed by atoms with E-state index in [2.05, 4.69) is 5.32 Å². The van der Waals surface area contributed by atoms with E-state index in [4.69, 9.17) is 16.3 Å². The van der Waals surface area contributed by atoms with Crippen molar-refractivity contribution in [2.75, 3.05) is 12.4 Å². The van der Waals surface area contributed by atoms with E-state index in [9.17, 15) is 10.1 Å². The highest BCUT2D eigenvalue weighted by atomic mass is 35.5. The van der Waals surface area contributed by atoms with Gasteiger partial charge < -0.3 is 10.1 Å². The minimum Gasteiger partial charge on any atom is -0.495 e. The molecule has 0 unspecified atom stereocenters. The molecule has 0 radical (unpaired) electrons. The molecule has 0 saturated heterocycles. The summed E-state index contributed by atoms with van der Waals surface area (Å²) in [6.45, 7) is 0.479. The second kappa shape index (κ2) is 6.25. The fourth-order valence-corrected chi connectivity index (χ4v) is 1.95. The third-order valence-corrected chi connectivity index (χ3v) is 3.08. The van der Waals surface area contributed by atoms with Crippen LogP contribution in [0.4, 0.5) is 11.4 Å². The molecule has 2 aromatic rings. The van der Waals surface area contributed by atoms with E-state index in [0.29, 0.717) is 17.3 Å². The van der Waals surface area contributed by atoms with Crippen molar-refractivity contribution in [3.63, 3.8) is 0 Å². The van der Waals surface area contributed by atoms with Gasteiger partial charge in [-0.15, -0.1) is 0 Å². The SMILES string of the molecule is COc1cc(NCc2cccc([N+](=O)[O-])c2)ccc1Cl. The van der Waals surface area contributed by atoms with E-state index >= 15 is 0 Å². The first-order valence-corrected chi connectivity index (χ1v) is 6.28. The molecule has 0 aliphatic carbocycles. The molecular formula is C14H13ClN2O3. The van der Waals surface area contributed by atoms with E-state index in [-0.39, 0.29) is 5.69 Å². The number of rotatable bonds is 5. The minimum absolute atomic E-state index is 0.0815. The topological polar surface area (TPSA) is 64.4 Å². The van der Waals surface area contributed by atoms with Crippen molar-refractivity contribution >= 4 is 23.0 Å². The normalized spacial score (nSPS) is 10.1. The first-order chi connectivity index (χ1) is 9.60. The van der Waals surface area contributed by atoms with Crippen LogP contribution in [-0.4, -0.2) is 12.0 Å². The number of ether oxygens (including phenoxy) is 1. The Morgan fingerprint density at radius 2 is 2.10 bits per heavy atom. The van der Waals surface area contributed by atoms with Gasteiger partial charge in [0.2, 0.25) is 0 Å². The quantitative estimate of drug-likeness (QED) is 0.671. The van der Waals surface area contributed by atoms with Gasteiger partial charge >= 0.3 is 0 Å². The number of hydrogen-bond acceptors (Lipinski definition) is 4. The predicted molar refractivity (Wildman–Crippen MR) is 78.4 cm³/mol. The Labute approximate surface area is 121 Å². The lowest BCUT2D eigenvalue weighted by Crippen LogP contribution is -2.00. The third kappa shape index (κ3) is 3.39. The molecule has 2 rings (SSSR count). The molecule has 20 heavy (non-hydrogen) atoms. The highest BCUT2D eigenvalue weighted by molar-refractivity contribution is 6.32. The van der Waals surface area contributed by atoms with E-state index in [1.165, 1.54) is 6.07 Å². The molecule has 0 aliphatic rings. The molecule has 0 heterocycles. The Balaban J connectivity index is 2.08. The number of nitro groups is 1. The van der Waals surface area contributed by atoms with E-state index < -0.39 is 4.92 Å². The number of hydrogen-bond donors (Lipinski definition) is 1. The van der Waals surface area contributed by atoms with Gasteiger partial charge in [0, 0.05) is 30.4 Å². The summed E-state index contributed by atoms with van der Waals surface area (Å²) in [4.78, 5) is 10.3. The largest absolute Gasteiger partial charge is 0.495 e. The Kier molecular flexibility index (Phi) is 4.42. The van der Waals surface area contributed by atoms with Crippen LogP contribution in [0.25, 0.3) is 0 Å². The maximum atomic E-state index is 10.7. The van der Waals surface area contributed by atoms with Gasteiger partial charge in [0.05, 0.1) is 17.1 Å². The van der Waals surface area contributed by atoms with Crippen LogP contribution in [0.15, 0.2) is 42.5 Å². The molecule has 2 aromatic carbocycles. The second-order valence-electron chi connectivity index (χ2n) is 4.13. The van der Waals surface area contributed by atoms with Crippen molar-refractivity contribution in [2.45, 2.75) is 6.54 Å². The predicted octanol–water partition coefficient (Wildman–Crippen LogP) is 3.87. The van der Waals surface area contributed by atoms with Crippen molar-refractivity contribution in [2.24, 2.45) is 0 Å². The van der Waals surface area contributed by atoms with Crippen LogP contribution in [0.3, 0.4) is 0 Å². The molecular weight excluding hydrogens is 280 g/mol. The van der Waals surface area contributed by atoms with Crippen molar-refractivity contribution in [3.8, 4) is 5.75 Å². The summed E-state index contributed by atoms with van der Waals surface area (Å²) in [6, 6.07) is 11.8. The van der Waals surface area contributed by atoms with Gasteiger partial charge in [-0.2, -0.15) is 0 Å². The molecule has 0 aromatic heterocycles. The van der Waals surface area contributed by atoms with Crippen LogP contribution >= 0.6 is 11.6 Å². The standard InChI is InChI=1S/C14H13ClN2O3/c1-20-14-8-11(5-6-13(14)15)16-9-10-3-2-4-12(7-10)17(18)19/h2-8,16H,9H2,1H3. The number of anilines is 1. The number of methoxy groups -OCH3 is 1. The first kappa shape index (κ1) is 14.1. The number of nitro benzene ring substituents is 1. The van der Waals surface area contributed by atoms with Crippen molar-refractivity contribution < 1.29 is 9.66 Å². The Hall–Kier alpha value is -2.27. The summed E-state index contributed by atoms with van der Waals surface area (Å²) in [7, 11) is 1.55. The smallest absolute Gasteiger partial charge is 0.269 e. The van der Waals surface area contributed by atoms with E-state index in [1.54, 1.807) is 31.4 Å². The molecule has 0 amide bonds.